The lowest BCUT2D eigenvalue weighted by Gasteiger charge is -2.35. The molecule has 0 aliphatic carbocycles. The van der Waals surface area contributed by atoms with Crippen LogP contribution in [0.4, 0.5) is 0 Å². The van der Waals surface area contributed by atoms with E-state index in [-0.39, 0.29) is 17.5 Å². The number of amides is 1. The Labute approximate surface area is 206 Å². The lowest BCUT2D eigenvalue weighted by atomic mass is 9.98. The van der Waals surface area contributed by atoms with Gasteiger partial charge in [-0.3, -0.25) is 18.6 Å². The molecule has 1 atom stereocenters. The molecule has 9 heteroatoms. The highest BCUT2D eigenvalue weighted by molar-refractivity contribution is 7.99. The van der Waals surface area contributed by atoms with Crippen molar-refractivity contribution >= 4 is 45.7 Å². The zero-order chi connectivity index (χ0) is 23.7. The average Bonchev–Trinajstić information content (AvgIpc) is 3.51. The van der Waals surface area contributed by atoms with Crippen LogP contribution in [-0.2, 0) is 17.8 Å². The number of rotatable bonds is 8. The molecule has 4 heterocycles. The SMILES string of the molecule is CCCCCn1c(=O)c2ccccc2n2c(SCC(=O)N3CCc4sccc4C3CC)nnc12. The zero-order valence-electron chi connectivity index (χ0n) is 19.6. The summed E-state index contributed by atoms with van der Waals surface area (Å²) in [5.41, 5.74) is 2.04. The van der Waals surface area contributed by atoms with Gasteiger partial charge in [-0.15, -0.1) is 21.5 Å². The van der Waals surface area contributed by atoms with Crippen LogP contribution in [0.3, 0.4) is 0 Å². The topological polar surface area (TPSA) is 72.5 Å². The highest BCUT2D eigenvalue weighted by Gasteiger charge is 2.30. The van der Waals surface area contributed by atoms with Crippen LogP contribution >= 0.6 is 23.1 Å². The molecule has 1 unspecified atom stereocenters. The molecule has 0 fully saturated rings. The fourth-order valence-electron chi connectivity index (χ4n) is 4.89. The van der Waals surface area contributed by atoms with Crippen molar-refractivity contribution in [3.63, 3.8) is 0 Å². The van der Waals surface area contributed by atoms with Crippen LogP contribution in [0.15, 0.2) is 45.7 Å². The van der Waals surface area contributed by atoms with E-state index in [1.54, 1.807) is 15.9 Å². The van der Waals surface area contributed by atoms with E-state index in [1.165, 1.54) is 22.2 Å². The molecule has 0 saturated heterocycles. The maximum atomic E-state index is 13.3. The predicted molar refractivity (Wildman–Crippen MR) is 138 cm³/mol. The number of hydrogen-bond acceptors (Lipinski definition) is 6. The fourth-order valence-corrected chi connectivity index (χ4v) is 6.65. The number of para-hydroxylation sites is 1. The Morgan fingerprint density at radius 2 is 2.03 bits per heavy atom. The van der Waals surface area contributed by atoms with Crippen molar-refractivity contribution in [1.29, 1.82) is 0 Å². The van der Waals surface area contributed by atoms with E-state index in [4.69, 9.17) is 0 Å². The van der Waals surface area contributed by atoms with Gasteiger partial charge in [0.25, 0.3) is 5.56 Å². The maximum Gasteiger partial charge on any atom is 0.262 e. The van der Waals surface area contributed by atoms with E-state index in [1.807, 2.05) is 33.6 Å². The van der Waals surface area contributed by atoms with Crippen molar-refractivity contribution in [1.82, 2.24) is 24.1 Å². The van der Waals surface area contributed by atoms with Crippen molar-refractivity contribution < 1.29 is 4.79 Å². The number of thiophene rings is 1. The lowest BCUT2D eigenvalue weighted by Crippen LogP contribution is -2.40. The highest BCUT2D eigenvalue weighted by Crippen LogP contribution is 2.35. The number of aromatic nitrogens is 4. The first-order valence-corrected chi connectivity index (χ1v) is 13.9. The van der Waals surface area contributed by atoms with E-state index in [0.717, 1.165) is 44.2 Å². The normalized spacial score (nSPS) is 15.8. The lowest BCUT2D eigenvalue weighted by molar-refractivity contribution is -0.131. The molecule has 178 valence electrons. The second-order valence-corrected chi connectivity index (χ2v) is 10.6. The van der Waals surface area contributed by atoms with Crippen LogP contribution in [0.2, 0.25) is 0 Å². The van der Waals surface area contributed by atoms with E-state index >= 15 is 0 Å². The average molecular weight is 496 g/mol. The Kier molecular flexibility index (Phi) is 6.74. The van der Waals surface area contributed by atoms with Gasteiger partial charge in [0.05, 0.1) is 22.7 Å². The van der Waals surface area contributed by atoms with Crippen LogP contribution < -0.4 is 5.56 Å². The van der Waals surface area contributed by atoms with Gasteiger partial charge in [0.1, 0.15) is 0 Å². The van der Waals surface area contributed by atoms with E-state index < -0.39 is 0 Å². The molecule has 1 aromatic carbocycles. The third-order valence-electron chi connectivity index (χ3n) is 6.59. The second kappa shape index (κ2) is 9.92. The molecule has 1 aliphatic rings. The van der Waals surface area contributed by atoms with Crippen molar-refractivity contribution in [3.05, 3.63) is 56.5 Å². The van der Waals surface area contributed by atoms with Gasteiger partial charge in [-0.05, 0) is 48.4 Å². The molecule has 5 rings (SSSR count). The Balaban J connectivity index is 1.44. The van der Waals surface area contributed by atoms with Crippen molar-refractivity contribution in [2.24, 2.45) is 0 Å². The molecular weight excluding hydrogens is 466 g/mol. The third-order valence-corrected chi connectivity index (χ3v) is 8.50. The maximum absolute atomic E-state index is 13.3. The molecule has 3 aromatic heterocycles. The molecule has 4 aromatic rings. The van der Waals surface area contributed by atoms with Crippen LogP contribution in [0.25, 0.3) is 16.7 Å². The minimum atomic E-state index is -0.0371. The monoisotopic (exact) mass is 495 g/mol. The number of carbonyl (C=O) groups excluding carboxylic acids is 1. The number of hydrogen-bond donors (Lipinski definition) is 0. The van der Waals surface area contributed by atoms with Gasteiger partial charge in [0.2, 0.25) is 11.7 Å². The van der Waals surface area contributed by atoms with Crippen LogP contribution in [0, 0.1) is 0 Å². The number of benzene rings is 1. The summed E-state index contributed by atoms with van der Waals surface area (Å²) in [7, 11) is 0. The quantitative estimate of drug-likeness (QED) is 0.256. The van der Waals surface area contributed by atoms with E-state index in [0.29, 0.717) is 28.6 Å². The van der Waals surface area contributed by atoms with Gasteiger partial charge in [0, 0.05) is 18.0 Å². The first-order chi connectivity index (χ1) is 16.6. The molecule has 0 bridgehead atoms. The van der Waals surface area contributed by atoms with Gasteiger partial charge >= 0.3 is 0 Å². The Bertz CT molecular complexity index is 1390. The van der Waals surface area contributed by atoms with Crippen molar-refractivity contribution in [3.8, 4) is 0 Å². The first-order valence-electron chi connectivity index (χ1n) is 12.0. The molecule has 0 radical (unpaired) electrons. The number of aryl methyl sites for hydroxylation is 1. The molecule has 1 amide bonds. The number of nitrogens with zero attached hydrogens (tertiary/aromatic N) is 5. The Morgan fingerprint density at radius 1 is 1.18 bits per heavy atom. The predicted octanol–water partition coefficient (Wildman–Crippen LogP) is 4.92. The molecule has 34 heavy (non-hydrogen) atoms. The number of carbonyl (C=O) groups is 1. The molecule has 0 N–H and O–H groups in total. The van der Waals surface area contributed by atoms with Gasteiger partial charge in [-0.1, -0.05) is 50.6 Å². The summed E-state index contributed by atoms with van der Waals surface area (Å²) >= 11 is 3.19. The standard InChI is InChI=1S/C25H29N5O2S2/c1-3-5-8-13-29-23(32)18-9-6-7-10-20(18)30-24(29)26-27-25(30)34-16-22(31)28-14-11-21-17(12-15-33-21)19(28)4-2/h6-7,9-10,12,15,19H,3-5,8,11,13-14,16H2,1-2H3. The van der Waals surface area contributed by atoms with Crippen LogP contribution in [0.1, 0.15) is 56.0 Å². The molecule has 7 nitrogen and oxygen atoms in total. The van der Waals surface area contributed by atoms with Gasteiger partial charge < -0.3 is 4.90 Å². The molecule has 0 saturated carbocycles. The molecule has 0 spiro atoms. The molecular formula is C25H29N5O2S2. The number of thioether (sulfide) groups is 1. The smallest absolute Gasteiger partial charge is 0.262 e. The van der Waals surface area contributed by atoms with Gasteiger partial charge in [0.15, 0.2) is 5.16 Å². The fraction of sp³-hybridized carbons (Fsp3) is 0.440. The first kappa shape index (κ1) is 23.1. The van der Waals surface area contributed by atoms with E-state index in [9.17, 15) is 9.59 Å². The third kappa shape index (κ3) is 4.05. The summed E-state index contributed by atoms with van der Waals surface area (Å²) < 4.78 is 3.66. The van der Waals surface area contributed by atoms with Crippen molar-refractivity contribution in [2.75, 3.05) is 12.3 Å². The summed E-state index contributed by atoms with van der Waals surface area (Å²) in [6, 6.07) is 9.88. The minimum Gasteiger partial charge on any atom is -0.335 e. The summed E-state index contributed by atoms with van der Waals surface area (Å²) in [5.74, 6) is 0.952. The van der Waals surface area contributed by atoms with Gasteiger partial charge in [-0.2, -0.15) is 0 Å². The summed E-state index contributed by atoms with van der Waals surface area (Å²) in [5, 5.41) is 12.2. The zero-order valence-corrected chi connectivity index (χ0v) is 21.2. The summed E-state index contributed by atoms with van der Waals surface area (Å²) in [4.78, 5) is 29.9. The van der Waals surface area contributed by atoms with Crippen LogP contribution in [-0.4, -0.2) is 42.3 Å². The summed E-state index contributed by atoms with van der Waals surface area (Å²) in [6.07, 6.45) is 4.87. The van der Waals surface area contributed by atoms with Crippen molar-refractivity contribution in [2.45, 2.75) is 63.7 Å². The van der Waals surface area contributed by atoms with E-state index in [2.05, 4.69) is 35.5 Å². The Hall–Kier alpha value is -2.65. The highest BCUT2D eigenvalue weighted by atomic mass is 32.2. The molecule has 1 aliphatic heterocycles. The van der Waals surface area contributed by atoms with Crippen LogP contribution in [0.5, 0.6) is 0 Å². The number of unbranched alkanes of at least 4 members (excludes halogenated alkanes) is 2. The Morgan fingerprint density at radius 3 is 2.85 bits per heavy atom. The summed E-state index contributed by atoms with van der Waals surface area (Å²) in [6.45, 7) is 5.65. The minimum absolute atomic E-state index is 0.0371. The van der Waals surface area contributed by atoms with Gasteiger partial charge in [-0.25, -0.2) is 0 Å². The number of fused-ring (bicyclic) bond motifs is 4. The largest absolute Gasteiger partial charge is 0.335 e. The second-order valence-electron chi connectivity index (χ2n) is 8.65.